The number of benzene rings is 1. The van der Waals surface area contributed by atoms with Gasteiger partial charge in [-0.3, -0.25) is 9.59 Å². The molecule has 0 radical (unpaired) electrons. The second-order valence-corrected chi connectivity index (χ2v) is 4.44. The number of aliphatic hydroxyl groups excluding tert-OH is 1. The van der Waals surface area contributed by atoms with Gasteiger partial charge in [0.25, 0.3) is 0 Å². The minimum atomic E-state index is -0.815. The third-order valence-corrected chi connectivity index (χ3v) is 2.53. The highest BCUT2D eigenvalue weighted by Crippen LogP contribution is 2.22. The molecular weight excluding hydrogens is 279 g/mol. The molecule has 1 aromatic carbocycles. The number of likely N-dealkylation sites (N-methyl/N-ethyl adjacent to an activating group) is 1. The number of carbonyl (C=O) groups is 2. The monoisotopic (exact) mass is 290 g/mol. The van der Waals surface area contributed by atoms with Gasteiger partial charge >= 0.3 is 11.8 Å². The van der Waals surface area contributed by atoms with Gasteiger partial charge in [-0.25, -0.2) is 0 Å². The van der Waals surface area contributed by atoms with Crippen LogP contribution in [0.1, 0.15) is 0 Å². The molecule has 0 atom stereocenters. The van der Waals surface area contributed by atoms with Crippen molar-refractivity contribution in [2.75, 3.05) is 25.5 Å². The SMILES string of the molecule is CN(CCO)C(=O)C(=O)Nc1cc(Cl)cc(Cl)c1. The van der Waals surface area contributed by atoms with Crippen LogP contribution in [0.3, 0.4) is 0 Å². The first-order chi connectivity index (χ1) is 8.43. The van der Waals surface area contributed by atoms with E-state index in [2.05, 4.69) is 5.32 Å². The van der Waals surface area contributed by atoms with Crippen LogP contribution in [-0.4, -0.2) is 42.0 Å². The second kappa shape index (κ2) is 6.58. The fourth-order valence-electron chi connectivity index (χ4n) is 1.24. The number of anilines is 1. The van der Waals surface area contributed by atoms with Gasteiger partial charge in [0.1, 0.15) is 0 Å². The van der Waals surface area contributed by atoms with Crippen LogP contribution >= 0.6 is 23.2 Å². The first-order valence-electron chi connectivity index (χ1n) is 5.07. The fraction of sp³-hybridized carbons (Fsp3) is 0.273. The Bertz CT molecular complexity index is 445. The second-order valence-electron chi connectivity index (χ2n) is 3.56. The van der Waals surface area contributed by atoms with Gasteiger partial charge in [-0.15, -0.1) is 0 Å². The third kappa shape index (κ3) is 4.18. The summed E-state index contributed by atoms with van der Waals surface area (Å²) >= 11 is 11.5. The van der Waals surface area contributed by atoms with Crippen molar-refractivity contribution in [2.24, 2.45) is 0 Å². The molecule has 7 heteroatoms. The van der Waals surface area contributed by atoms with Crippen molar-refractivity contribution in [3.8, 4) is 0 Å². The highest BCUT2D eigenvalue weighted by Gasteiger charge is 2.18. The molecule has 0 aromatic heterocycles. The average Bonchev–Trinajstić information content (AvgIpc) is 2.26. The van der Waals surface area contributed by atoms with Crippen LogP contribution in [0, 0.1) is 0 Å². The third-order valence-electron chi connectivity index (χ3n) is 2.10. The predicted octanol–water partition coefficient (Wildman–Crippen LogP) is 1.38. The Balaban J connectivity index is 2.72. The number of nitrogens with zero attached hydrogens (tertiary/aromatic N) is 1. The Morgan fingerprint density at radius 1 is 1.28 bits per heavy atom. The molecule has 0 fully saturated rings. The Morgan fingerprint density at radius 3 is 2.33 bits per heavy atom. The standard InChI is InChI=1S/C11H12Cl2N2O3/c1-15(2-3-16)11(18)10(17)14-9-5-7(12)4-8(13)6-9/h4-6,16H,2-3H2,1H3,(H,14,17). The molecule has 5 nitrogen and oxygen atoms in total. The molecule has 0 saturated carbocycles. The largest absolute Gasteiger partial charge is 0.395 e. The van der Waals surface area contributed by atoms with Crippen LogP contribution in [0.15, 0.2) is 18.2 Å². The van der Waals surface area contributed by atoms with E-state index in [1.807, 2.05) is 0 Å². The number of amides is 2. The zero-order valence-corrected chi connectivity index (χ0v) is 11.1. The van der Waals surface area contributed by atoms with Gasteiger partial charge < -0.3 is 15.3 Å². The summed E-state index contributed by atoms with van der Waals surface area (Å²) in [5, 5.41) is 11.8. The van der Waals surface area contributed by atoms with Crippen molar-refractivity contribution in [3.63, 3.8) is 0 Å². The van der Waals surface area contributed by atoms with Crippen LogP contribution in [0.5, 0.6) is 0 Å². The Morgan fingerprint density at radius 2 is 1.83 bits per heavy atom. The fourth-order valence-corrected chi connectivity index (χ4v) is 1.76. The molecular formula is C11H12Cl2N2O3. The van der Waals surface area contributed by atoms with Crippen molar-refractivity contribution in [2.45, 2.75) is 0 Å². The summed E-state index contributed by atoms with van der Waals surface area (Å²) in [4.78, 5) is 24.2. The lowest BCUT2D eigenvalue weighted by molar-refractivity contribution is -0.142. The first-order valence-corrected chi connectivity index (χ1v) is 5.83. The molecule has 0 heterocycles. The Labute approximate surface area is 114 Å². The average molecular weight is 291 g/mol. The number of carbonyl (C=O) groups excluding carboxylic acids is 2. The normalized spacial score (nSPS) is 10.0. The van der Waals surface area contributed by atoms with Crippen molar-refractivity contribution >= 4 is 40.7 Å². The van der Waals surface area contributed by atoms with Gasteiger partial charge in [0, 0.05) is 29.3 Å². The van der Waals surface area contributed by atoms with E-state index in [4.69, 9.17) is 28.3 Å². The van der Waals surface area contributed by atoms with Crippen molar-refractivity contribution in [1.82, 2.24) is 4.90 Å². The van der Waals surface area contributed by atoms with Gasteiger partial charge in [0.2, 0.25) is 0 Å². The molecule has 0 bridgehead atoms. The summed E-state index contributed by atoms with van der Waals surface area (Å²) in [7, 11) is 1.42. The van der Waals surface area contributed by atoms with Crippen LogP contribution in [-0.2, 0) is 9.59 Å². The number of nitrogens with one attached hydrogen (secondary N) is 1. The number of aliphatic hydroxyl groups is 1. The molecule has 2 amide bonds. The van der Waals surface area contributed by atoms with Crippen LogP contribution in [0.4, 0.5) is 5.69 Å². The predicted molar refractivity (Wildman–Crippen MR) is 69.8 cm³/mol. The van der Waals surface area contributed by atoms with Gasteiger partial charge in [-0.05, 0) is 18.2 Å². The van der Waals surface area contributed by atoms with Crippen molar-refractivity contribution in [3.05, 3.63) is 28.2 Å². The van der Waals surface area contributed by atoms with Crippen molar-refractivity contribution < 1.29 is 14.7 Å². The van der Waals surface area contributed by atoms with E-state index in [-0.39, 0.29) is 13.2 Å². The maximum atomic E-state index is 11.6. The molecule has 0 aliphatic rings. The topological polar surface area (TPSA) is 69.6 Å². The summed E-state index contributed by atoms with van der Waals surface area (Å²) in [5.41, 5.74) is 0.336. The molecule has 0 aliphatic carbocycles. The minimum absolute atomic E-state index is 0.0859. The van der Waals surface area contributed by atoms with Crippen LogP contribution in [0.2, 0.25) is 10.0 Å². The molecule has 0 spiro atoms. The Kier molecular flexibility index (Phi) is 5.40. The molecule has 1 rings (SSSR count). The van der Waals surface area contributed by atoms with E-state index in [1.165, 1.54) is 25.2 Å². The van der Waals surface area contributed by atoms with Crippen LogP contribution < -0.4 is 5.32 Å². The molecule has 98 valence electrons. The minimum Gasteiger partial charge on any atom is -0.395 e. The zero-order valence-electron chi connectivity index (χ0n) is 9.61. The van der Waals surface area contributed by atoms with Crippen molar-refractivity contribution in [1.29, 1.82) is 0 Å². The van der Waals surface area contributed by atoms with E-state index < -0.39 is 11.8 Å². The van der Waals surface area contributed by atoms with E-state index in [9.17, 15) is 9.59 Å². The molecule has 0 aliphatic heterocycles. The summed E-state index contributed by atoms with van der Waals surface area (Å²) < 4.78 is 0. The smallest absolute Gasteiger partial charge is 0.313 e. The molecule has 0 unspecified atom stereocenters. The van der Waals surface area contributed by atoms with Gasteiger partial charge in [0.15, 0.2) is 0 Å². The summed E-state index contributed by atoms with van der Waals surface area (Å²) in [6, 6.07) is 4.47. The highest BCUT2D eigenvalue weighted by molar-refractivity contribution is 6.40. The number of rotatable bonds is 3. The van der Waals surface area contributed by atoms with Crippen LogP contribution in [0.25, 0.3) is 0 Å². The van der Waals surface area contributed by atoms with E-state index >= 15 is 0 Å². The number of hydrogen-bond donors (Lipinski definition) is 2. The molecule has 1 aromatic rings. The quantitative estimate of drug-likeness (QED) is 0.827. The zero-order chi connectivity index (χ0) is 13.7. The Hall–Kier alpha value is -1.30. The van der Waals surface area contributed by atoms with E-state index in [0.29, 0.717) is 15.7 Å². The summed E-state index contributed by atoms with van der Waals surface area (Å²) in [6.45, 7) is -0.124. The first kappa shape index (κ1) is 14.8. The summed E-state index contributed by atoms with van der Waals surface area (Å²) in [6.07, 6.45) is 0. The highest BCUT2D eigenvalue weighted by atomic mass is 35.5. The molecule has 0 saturated heterocycles. The molecule has 18 heavy (non-hydrogen) atoms. The van der Waals surface area contributed by atoms with E-state index in [0.717, 1.165) is 4.90 Å². The van der Waals surface area contributed by atoms with E-state index in [1.54, 1.807) is 0 Å². The maximum Gasteiger partial charge on any atom is 0.313 e. The maximum absolute atomic E-state index is 11.6. The van der Waals surface area contributed by atoms with Gasteiger partial charge in [0.05, 0.1) is 6.61 Å². The lowest BCUT2D eigenvalue weighted by Gasteiger charge is -2.15. The number of hydrogen-bond acceptors (Lipinski definition) is 3. The lowest BCUT2D eigenvalue weighted by atomic mass is 10.3. The summed E-state index contributed by atoms with van der Waals surface area (Å²) in [5.74, 6) is -1.57. The van der Waals surface area contributed by atoms with Gasteiger partial charge in [-0.2, -0.15) is 0 Å². The lowest BCUT2D eigenvalue weighted by Crippen LogP contribution is -2.38. The van der Waals surface area contributed by atoms with Gasteiger partial charge in [-0.1, -0.05) is 23.2 Å². The molecule has 2 N–H and O–H groups in total. The number of halogens is 2.